The number of thiophene rings is 2. The van der Waals surface area contributed by atoms with Gasteiger partial charge in [-0.3, -0.25) is 9.36 Å². The van der Waals surface area contributed by atoms with Gasteiger partial charge >= 0.3 is 5.97 Å². The Morgan fingerprint density at radius 3 is 2.61 bits per heavy atom. The number of aryl methyl sites for hydroxylation is 2. The van der Waals surface area contributed by atoms with Crippen LogP contribution in [0.1, 0.15) is 52.5 Å². The molecular weight excluding hydrogens is 452 g/mol. The third-order valence-corrected chi connectivity index (χ3v) is 7.98. The fraction of sp³-hybridized carbons (Fsp3) is 0.429. The molecule has 3 aromatic heterocycles. The molecule has 0 aliphatic rings. The number of nitrogens with zero attached hydrogens (tertiary/aromatic N) is 3. The maximum absolute atomic E-state index is 12.6. The van der Waals surface area contributed by atoms with Crippen molar-refractivity contribution in [2.75, 3.05) is 18.2 Å². The molecule has 0 atom stereocenters. The van der Waals surface area contributed by atoms with Crippen LogP contribution in [-0.4, -0.2) is 39.5 Å². The summed E-state index contributed by atoms with van der Waals surface area (Å²) in [5.74, 6) is 0.317. The van der Waals surface area contributed by atoms with Crippen molar-refractivity contribution in [3.05, 3.63) is 32.3 Å². The molecule has 0 spiro atoms. The molecule has 0 unspecified atom stereocenters. The molecule has 1 amide bonds. The second-order valence-corrected chi connectivity index (χ2v) is 10.4. The lowest BCUT2D eigenvalue weighted by Gasteiger charge is -2.13. The topological polar surface area (TPSA) is 86.1 Å². The molecule has 0 saturated carbocycles. The van der Waals surface area contributed by atoms with Crippen LogP contribution >= 0.6 is 34.4 Å². The molecule has 31 heavy (non-hydrogen) atoms. The SMILES string of the molecule is CCc1cc(C(=O)OC)c(NC(=O)CSc2nnc(-c3csc(C)c3C)n2C(C)C)s1. The van der Waals surface area contributed by atoms with Gasteiger partial charge in [0.05, 0.1) is 18.4 Å². The quantitative estimate of drug-likeness (QED) is 0.347. The van der Waals surface area contributed by atoms with Gasteiger partial charge in [-0.05, 0) is 45.7 Å². The number of ether oxygens (including phenoxy) is 1. The van der Waals surface area contributed by atoms with Crippen LogP contribution in [-0.2, 0) is 16.0 Å². The summed E-state index contributed by atoms with van der Waals surface area (Å²) in [4.78, 5) is 26.9. The molecule has 0 bridgehead atoms. The normalized spacial score (nSPS) is 11.2. The summed E-state index contributed by atoms with van der Waals surface area (Å²) >= 11 is 4.42. The zero-order chi connectivity index (χ0) is 22.7. The van der Waals surface area contributed by atoms with Crippen LogP contribution in [0.5, 0.6) is 0 Å². The summed E-state index contributed by atoms with van der Waals surface area (Å²) in [6.07, 6.45) is 0.779. The minimum atomic E-state index is -0.454. The number of thioether (sulfide) groups is 1. The summed E-state index contributed by atoms with van der Waals surface area (Å²) in [6.45, 7) is 10.3. The van der Waals surface area contributed by atoms with E-state index in [4.69, 9.17) is 4.74 Å². The number of anilines is 1. The summed E-state index contributed by atoms with van der Waals surface area (Å²) in [6, 6.07) is 1.91. The van der Waals surface area contributed by atoms with E-state index in [2.05, 4.69) is 53.2 Å². The van der Waals surface area contributed by atoms with Crippen molar-refractivity contribution >= 4 is 51.3 Å². The standard InChI is InChI=1S/C21H26N4O3S3/c1-7-14-8-15(20(27)28-6)19(31-14)22-17(26)10-30-21-24-23-18(25(21)11(2)3)16-9-29-13(5)12(16)4/h8-9,11H,7,10H2,1-6H3,(H,22,26). The molecule has 0 aliphatic heterocycles. The van der Waals surface area contributed by atoms with Gasteiger partial charge in [0.2, 0.25) is 5.91 Å². The molecule has 1 N–H and O–H groups in total. The lowest BCUT2D eigenvalue weighted by Crippen LogP contribution is -2.16. The first-order valence-corrected chi connectivity index (χ1v) is 12.6. The second kappa shape index (κ2) is 9.97. The van der Waals surface area contributed by atoms with Gasteiger partial charge in [0.15, 0.2) is 11.0 Å². The number of esters is 1. The Balaban J connectivity index is 1.76. The molecule has 166 valence electrons. The van der Waals surface area contributed by atoms with Gasteiger partial charge in [-0.15, -0.1) is 32.9 Å². The van der Waals surface area contributed by atoms with E-state index in [1.807, 2.05) is 6.92 Å². The Bertz CT molecular complexity index is 1100. The van der Waals surface area contributed by atoms with E-state index in [1.54, 1.807) is 17.4 Å². The van der Waals surface area contributed by atoms with Crippen LogP contribution in [0.25, 0.3) is 11.4 Å². The van der Waals surface area contributed by atoms with Gasteiger partial charge in [-0.25, -0.2) is 4.79 Å². The average molecular weight is 479 g/mol. The van der Waals surface area contributed by atoms with Gasteiger partial charge in [0, 0.05) is 26.7 Å². The average Bonchev–Trinajstić information content (AvgIpc) is 3.43. The Morgan fingerprint density at radius 1 is 1.29 bits per heavy atom. The first-order chi connectivity index (χ1) is 14.8. The van der Waals surface area contributed by atoms with Crippen LogP contribution in [0.3, 0.4) is 0 Å². The first kappa shape index (κ1) is 23.5. The van der Waals surface area contributed by atoms with Crippen molar-refractivity contribution < 1.29 is 14.3 Å². The van der Waals surface area contributed by atoms with E-state index >= 15 is 0 Å². The Kier molecular flexibility index (Phi) is 7.55. The van der Waals surface area contributed by atoms with Crippen molar-refractivity contribution in [1.29, 1.82) is 0 Å². The van der Waals surface area contributed by atoms with Crippen LogP contribution in [0, 0.1) is 13.8 Å². The number of nitrogens with one attached hydrogen (secondary N) is 1. The zero-order valence-electron chi connectivity index (χ0n) is 18.4. The molecule has 0 aliphatic carbocycles. The second-order valence-electron chi connectivity index (χ2n) is 7.24. The van der Waals surface area contributed by atoms with Gasteiger partial charge in [-0.1, -0.05) is 18.7 Å². The third kappa shape index (κ3) is 5.02. The van der Waals surface area contributed by atoms with Gasteiger partial charge < -0.3 is 10.1 Å². The fourth-order valence-corrected chi connectivity index (χ4v) is 5.75. The lowest BCUT2D eigenvalue weighted by atomic mass is 10.1. The van der Waals surface area contributed by atoms with Gasteiger partial charge in [0.25, 0.3) is 0 Å². The highest BCUT2D eigenvalue weighted by molar-refractivity contribution is 7.99. The first-order valence-electron chi connectivity index (χ1n) is 9.90. The number of rotatable bonds is 8. The summed E-state index contributed by atoms with van der Waals surface area (Å²) in [5, 5.41) is 14.9. The van der Waals surface area contributed by atoms with Crippen molar-refractivity contribution in [1.82, 2.24) is 14.8 Å². The highest BCUT2D eigenvalue weighted by Crippen LogP contribution is 2.34. The van der Waals surface area contributed by atoms with Gasteiger partial charge in [0.1, 0.15) is 5.00 Å². The molecular formula is C21H26N4O3S3. The summed E-state index contributed by atoms with van der Waals surface area (Å²) < 4.78 is 6.90. The number of aromatic nitrogens is 3. The van der Waals surface area contributed by atoms with Crippen LogP contribution < -0.4 is 5.32 Å². The van der Waals surface area contributed by atoms with Crippen LogP contribution in [0.4, 0.5) is 5.00 Å². The fourth-order valence-electron chi connectivity index (χ4n) is 3.02. The number of hydrogen-bond donors (Lipinski definition) is 1. The van der Waals surface area contributed by atoms with Crippen molar-refractivity contribution in [3.8, 4) is 11.4 Å². The largest absolute Gasteiger partial charge is 0.465 e. The van der Waals surface area contributed by atoms with Crippen LogP contribution in [0.15, 0.2) is 16.6 Å². The molecule has 3 heterocycles. The molecule has 3 rings (SSSR count). The number of methoxy groups -OCH3 is 1. The Morgan fingerprint density at radius 2 is 2.03 bits per heavy atom. The molecule has 10 heteroatoms. The predicted molar refractivity (Wildman–Crippen MR) is 128 cm³/mol. The molecule has 0 aromatic carbocycles. The molecule has 0 radical (unpaired) electrons. The number of carbonyl (C=O) groups is 2. The predicted octanol–water partition coefficient (Wildman–Crippen LogP) is 5.35. The minimum Gasteiger partial charge on any atom is -0.465 e. The van der Waals surface area contributed by atoms with E-state index < -0.39 is 5.97 Å². The minimum absolute atomic E-state index is 0.144. The van der Waals surface area contributed by atoms with E-state index in [0.717, 1.165) is 22.7 Å². The van der Waals surface area contributed by atoms with Crippen molar-refractivity contribution in [3.63, 3.8) is 0 Å². The molecule has 0 fully saturated rings. The van der Waals surface area contributed by atoms with E-state index in [1.165, 1.54) is 40.6 Å². The number of amides is 1. The number of hydrogen-bond acceptors (Lipinski definition) is 8. The Labute approximate surface area is 194 Å². The van der Waals surface area contributed by atoms with Crippen molar-refractivity contribution in [2.24, 2.45) is 0 Å². The summed E-state index contributed by atoms with van der Waals surface area (Å²) in [7, 11) is 1.33. The van der Waals surface area contributed by atoms with Crippen molar-refractivity contribution in [2.45, 2.75) is 52.2 Å². The Hall–Kier alpha value is -2.17. The zero-order valence-corrected chi connectivity index (χ0v) is 20.9. The third-order valence-electron chi connectivity index (χ3n) is 4.83. The maximum Gasteiger partial charge on any atom is 0.340 e. The maximum atomic E-state index is 12.6. The smallest absolute Gasteiger partial charge is 0.340 e. The monoisotopic (exact) mass is 478 g/mol. The van der Waals surface area contributed by atoms with Gasteiger partial charge in [-0.2, -0.15) is 0 Å². The highest BCUT2D eigenvalue weighted by Gasteiger charge is 2.22. The molecule has 3 aromatic rings. The number of carbonyl (C=O) groups excluding carboxylic acids is 2. The lowest BCUT2D eigenvalue weighted by molar-refractivity contribution is -0.113. The van der Waals surface area contributed by atoms with Crippen LogP contribution in [0.2, 0.25) is 0 Å². The molecule has 0 saturated heterocycles. The highest BCUT2D eigenvalue weighted by atomic mass is 32.2. The van der Waals surface area contributed by atoms with E-state index in [9.17, 15) is 9.59 Å². The van der Waals surface area contributed by atoms with E-state index in [-0.39, 0.29) is 17.7 Å². The molecule has 7 nitrogen and oxygen atoms in total. The summed E-state index contributed by atoms with van der Waals surface area (Å²) in [5.41, 5.74) is 2.67. The van der Waals surface area contributed by atoms with E-state index in [0.29, 0.717) is 15.7 Å².